The molecule has 0 radical (unpaired) electrons. The number of alkyl halides is 3. The van der Waals surface area contributed by atoms with Gasteiger partial charge >= 0.3 is 17.6 Å². The number of imide groups is 1. The Labute approximate surface area is 213 Å². The average Bonchev–Trinajstić information content (AvgIpc) is 3.62. The minimum atomic E-state index is -4.44. The van der Waals surface area contributed by atoms with Crippen LogP contribution in [0.2, 0.25) is 0 Å². The van der Waals surface area contributed by atoms with E-state index in [1.807, 2.05) is 0 Å². The number of carbonyl (C=O) groups is 3. The van der Waals surface area contributed by atoms with Gasteiger partial charge in [0, 0.05) is 23.8 Å². The maximum absolute atomic E-state index is 13.3. The molecule has 1 spiro atoms. The van der Waals surface area contributed by atoms with Gasteiger partial charge in [0.1, 0.15) is 17.2 Å². The molecule has 37 heavy (non-hydrogen) atoms. The van der Waals surface area contributed by atoms with Gasteiger partial charge in [0.25, 0.3) is 5.91 Å². The Bertz CT molecular complexity index is 1350. The predicted octanol–water partition coefficient (Wildman–Crippen LogP) is 5.23. The molecular weight excluding hydrogens is 509 g/mol. The third-order valence-electron chi connectivity index (χ3n) is 5.91. The Balaban J connectivity index is 1.30. The van der Waals surface area contributed by atoms with Gasteiger partial charge in [-0.2, -0.15) is 13.2 Å². The fraction of sp³-hybridized carbons (Fsp3) is 0.208. The number of urea groups is 2. The number of pyridine rings is 2. The highest BCUT2D eigenvalue weighted by molar-refractivity contribution is 8.00. The van der Waals surface area contributed by atoms with E-state index in [-0.39, 0.29) is 34.7 Å². The van der Waals surface area contributed by atoms with E-state index >= 15 is 0 Å². The second-order valence-electron chi connectivity index (χ2n) is 8.43. The van der Waals surface area contributed by atoms with E-state index in [2.05, 4.69) is 20.6 Å². The molecule has 9 nitrogen and oxygen atoms in total. The number of benzene rings is 1. The maximum Gasteiger partial charge on any atom is 0.446 e. The molecule has 190 valence electrons. The normalized spacial score (nSPS) is 16.3. The SMILES string of the molecule is O=C(Nc1ccccn1)Nc1cc(CN2C(=O)N(c3ccc(SC(F)(F)F)cc3)C(=O)C23CC3)ccn1. The first kappa shape index (κ1) is 24.6. The molecule has 0 unspecified atom stereocenters. The molecule has 2 fully saturated rings. The Morgan fingerprint density at radius 2 is 1.68 bits per heavy atom. The van der Waals surface area contributed by atoms with E-state index in [1.54, 1.807) is 30.3 Å². The number of halogens is 3. The fourth-order valence-corrected chi connectivity index (χ4v) is 4.62. The lowest BCUT2D eigenvalue weighted by molar-refractivity contribution is -0.120. The van der Waals surface area contributed by atoms with Crippen molar-refractivity contribution in [3.05, 3.63) is 72.6 Å². The van der Waals surface area contributed by atoms with E-state index in [1.165, 1.54) is 41.6 Å². The second kappa shape index (κ2) is 9.39. The van der Waals surface area contributed by atoms with Crippen molar-refractivity contribution < 1.29 is 27.6 Å². The summed E-state index contributed by atoms with van der Waals surface area (Å²) in [4.78, 5) is 49.3. The third kappa shape index (κ3) is 5.21. The molecule has 2 N–H and O–H groups in total. The Kier molecular flexibility index (Phi) is 6.23. The van der Waals surface area contributed by atoms with Crippen molar-refractivity contribution in [2.45, 2.75) is 35.3 Å². The van der Waals surface area contributed by atoms with Gasteiger partial charge in [-0.1, -0.05) is 6.07 Å². The molecule has 3 aromatic rings. The van der Waals surface area contributed by atoms with Crippen LogP contribution in [0.25, 0.3) is 0 Å². The van der Waals surface area contributed by atoms with Gasteiger partial charge in [0.15, 0.2) is 0 Å². The van der Waals surface area contributed by atoms with Crippen molar-refractivity contribution in [2.75, 3.05) is 15.5 Å². The Hall–Kier alpha value is -4.13. The number of hydrogen-bond donors (Lipinski definition) is 2. The monoisotopic (exact) mass is 528 g/mol. The van der Waals surface area contributed by atoms with Gasteiger partial charge in [-0.25, -0.2) is 24.5 Å². The number of nitrogens with zero attached hydrogens (tertiary/aromatic N) is 4. The lowest BCUT2D eigenvalue weighted by atomic mass is 10.2. The molecule has 0 atom stereocenters. The summed E-state index contributed by atoms with van der Waals surface area (Å²) in [5.74, 6) is 0.192. The van der Waals surface area contributed by atoms with Crippen molar-refractivity contribution >= 4 is 47.1 Å². The largest absolute Gasteiger partial charge is 0.446 e. The van der Waals surface area contributed by atoms with Crippen molar-refractivity contribution in [1.82, 2.24) is 14.9 Å². The number of rotatable bonds is 6. The summed E-state index contributed by atoms with van der Waals surface area (Å²) in [7, 11) is 0. The van der Waals surface area contributed by atoms with Crippen LogP contribution in [0.15, 0.2) is 71.9 Å². The highest BCUT2D eigenvalue weighted by atomic mass is 32.2. The molecule has 0 bridgehead atoms. The Morgan fingerprint density at radius 1 is 0.973 bits per heavy atom. The van der Waals surface area contributed by atoms with Crippen LogP contribution >= 0.6 is 11.8 Å². The van der Waals surface area contributed by atoms with E-state index in [4.69, 9.17) is 0 Å². The summed E-state index contributed by atoms with van der Waals surface area (Å²) in [6.45, 7) is 0.0855. The first-order valence-corrected chi connectivity index (χ1v) is 11.9. The highest BCUT2D eigenvalue weighted by Crippen LogP contribution is 2.50. The quantitative estimate of drug-likeness (QED) is 0.335. The minimum Gasteiger partial charge on any atom is -0.305 e. The lowest BCUT2D eigenvalue weighted by Gasteiger charge is -2.21. The molecule has 2 aromatic heterocycles. The molecule has 5 amide bonds. The molecule has 13 heteroatoms. The van der Waals surface area contributed by atoms with Gasteiger partial charge in [0.05, 0.1) is 5.69 Å². The molecule has 1 aliphatic carbocycles. The van der Waals surface area contributed by atoms with Crippen molar-refractivity contribution in [3.63, 3.8) is 0 Å². The Morgan fingerprint density at radius 3 is 2.32 bits per heavy atom. The van der Waals surface area contributed by atoms with Gasteiger partial charge in [0.2, 0.25) is 0 Å². The molecule has 2 aliphatic rings. The first-order chi connectivity index (χ1) is 17.6. The maximum atomic E-state index is 13.3. The number of anilines is 3. The van der Waals surface area contributed by atoms with Crippen LogP contribution < -0.4 is 15.5 Å². The zero-order valence-electron chi connectivity index (χ0n) is 19.0. The summed E-state index contributed by atoms with van der Waals surface area (Å²) in [6.07, 6.45) is 3.98. The van der Waals surface area contributed by atoms with E-state index < -0.39 is 29.0 Å². The third-order valence-corrected chi connectivity index (χ3v) is 6.64. The smallest absolute Gasteiger partial charge is 0.305 e. The van der Waals surface area contributed by atoms with Gasteiger partial charge in [-0.3, -0.25) is 15.4 Å². The number of hydrogen-bond acceptors (Lipinski definition) is 6. The topological polar surface area (TPSA) is 108 Å². The van der Waals surface area contributed by atoms with E-state index in [9.17, 15) is 27.6 Å². The van der Waals surface area contributed by atoms with Gasteiger partial charge in [-0.05, 0) is 78.7 Å². The number of aromatic nitrogens is 2. The zero-order chi connectivity index (χ0) is 26.2. The predicted molar refractivity (Wildman–Crippen MR) is 130 cm³/mol. The number of amides is 5. The summed E-state index contributed by atoms with van der Waals surface area (Å²) >= 11 is -0.269. The average molecular weight is 529 g/mol. The van der Waals surface area contributed by atoms with Crippen molar-refractivity contribution in [1.29, 1.82) is 0 Å². The summed E-state index contributed by atoms with van der Waals surface area (Å²) < 4.78 is 37.9. The zero-order valence-corrected chi connectivity index (χ0v) is 19.8. The molecule has 1 saturated carbocycles. The van der Waals surface area contributed by atoms with Crippen LogP contribution in [-0.4, -0.2) is 43.9 Å². The highest BCUT2D eigenvalue weighted by Gasteiger charge is 2.65. The van der Waals surface area contributed by atoms with Gasteiger partial charge < -0.3 is 4.90 Å². The first-order valence-electron chi connectivity index (χ1n) is 11.1. The summed E-state index contributed by atoms with van der Waals surface area (Å²) in [6, 6.07) is 12.3. The van der Waals surface area contributed by atoms with Crippen molar-refractivity contribution in [3.8, 4) is 0 Å². The van der Waals surface area contributed by atoms with E-state index in [0.717, 1.165) is 4.90 Å². The molecule has 1 aromatic carbocycles. The van der Waals surface area contributed by atoms with Crippen LogP contribution in [-0.2, 0) is 11.3 Å². The number of thioether (sulfide) groups is 1. The van der Waals surface area contributed by atoms with Crippen LogP contribution in [0, 0.1) is 0 Å². The molecule has 1 saturated heterocycles. The molecular formula is C24H19F3N6O3S. The molecule has 1 aliphatic heterocycles. The van der Waals surface area contributed by atoms with Crippen LogP contribution in [0.5, 0.6) is 0 Å². The number of nitrogens with one attached hydrogen (secondary N) is 2. The van der Waals surface area contributed by atoms with Gasteiger partial charge in [-0.15, -0.1) is 0 Å². The number of carbonyl (C=O) groups excluding carboxylic acids is 3. The van der Waals surface area contributed by atoms with Crippen LogP contribution in [0.3, 0.4) is 0 Å². The van der Waals surface area contributed by atoms with Crippen LogP contribution in [0.4, 0.5) is 40.1 Å². The molecule has 5 rings (SSSR count). The summed E-state index contributed by atoms with van der Waals surface area (Å²) in [5.41, 5.74) is -4.58. The second-order valence-corrected chi connectivity index (χ2v) is 9.56. The lowest BCUT2D eigenvalue weighted by Crippen LogP contribution is -2.36. The van der Waals surface area contributed by atoms with E-state index in [0.29, 0.717) is 24.2 Å². The standard InChI is InChI=1S/C24H19F3N6O3S/c25-24(26,27)37-17-6-4-16(5-7-17)33-20(34)23(9-10-23)32(22(33)36)14-15-8-12-29-19(13-15)31-21(35)30-18-3-1-2-11-28-18/h1-8,11-13H,9-10,14H2,(H2,28,29,30,31,35). The summed E-state index contributed by atoms with van der Waals surface area (Å²) in [5, 5.41) is 5.18. The fourth-order valence-electron chi connectivity index (χ4n) is 4.08. The minimum absolute atomic E-state index is 0.0442. The molecule has 3 heterocycles. The van der Waals surface area contributed by atoms with Crippen molar-refractivity contribution in [2.24, 2.45) is 0 Å². The van der Waals surface area contributed by atoms with Crippen LogP contribution in [0.1, 0.15) is 18.4 Å².